The van der Waals surface area contributed by atoms with Gasteiger partial charge in [0.1, 0.15) is 0 Å². The summed E-state index contributed by atoms with van der Waals surface area (Å²) in [4.78, 5) is 66.8. The topological polar surface area (TPSA) is 116 Å². The molecule has 1 unspecified atom stereocenters. The van der Waals surface area contributed by atoms with Crippen molar-refractivity contribution in [1.29, 1.82) is 0 Å². The molecule has 0 saturated carbocycles. The van der Waals surface area contributed by atoms with E-state index in [0.717, 1.165) is 25.0 Å². The maximum atomic E-state index is 12.3. The average Bonchev–Trinajstić information content (AvgIpc) is 3.34. The SMILES string of the molecule is CN(CCC(=O)ON1C(=O)CCC1=O)C(=O)CCCC[C@@H]1SC[C@@H]2NC(=O)N(C)C21. The lowest BCUT2D eigenvalue weighted by atomic mass is 10.0. The van der Waals surface area contributed by atoms with Crippen LogP contribution in [0.5, 0.6) is 0 Å². The lowest BCUT2D eigenvalue weighted by Gasteiger charge is -2.23. The number of carbonyl (C=O) groups excluding carboxylic acids is 5. The summed E-state index contributed by atoms with van der Waals surface area (Å²) in [6, 6.07) is 0.432. The van der Waals surface area contributed by atoms with E-state index in [0.29, 0.717) is 16.7 Å². The summed E-state index contributed by atoms with van der Waals surface area (Å²) in [5.41, 5.74) is 0. The molecule has 3 heterocycles. The van der Waals surface area contributed by atoms with E-state index < -0.39 is 17.8 Å². The fraction of sp³-hybridized carbons (Fsp3) is 0.737. The van der Waals surface area contributed by atoms with Crippen molar-refractivity contribution < 1.29 is 28.8 Å². The Kier molecular flexibility index (Phi) is 7.22. The highest BCUT2D eigenvalue weighted by molar-refractivity contribution is 8.00. The molecule has 30 heavy (non-hydrogen) atoms. The molecular weight excluding hydrogens is 412 g/mol. The molecule has 1 N–H and O–H groups in total. The van der Waals surface area contributed by atoms with Crippen LogP contribution >= 0.6 is 11.8 Å². The number of urea groups is 1. The number of nitrogens with one attached hydrogen (secondary N) is 1. The van der Waals surface area contributed by atoms with Crippen molar-refractivity contribution in [2.75, 3.05) is 26.4 Å². The second-order valence-electron chi connectivity index (χ2n) is 7.89. The highest BCUT2D eigenvalue weighted by Crippen LogP contribution is 2.36. The van der Waals surface area contributed by atoms with E-state index in [-0.39, 0.29) is 49.8 Å². The van der Waals surface area contributed by atoms with E-state index in [1.165, 1.54) is 4.90 Å². The zero-order valence-electron chi connectivity index (χ0n) is 17.3. The minimum atomic E-state index is -0.713. The van der Waals surface area contributed by atoms with Gasteiger partial charge >= 0.3 is 12.0 Å². The van der Waals surface area contributed by atoms with E-state index in [1.807, 2.05) is 18.8 Å². The van der Waals surface area contributed by atoms with Gasteiger partial charge in [0.15, 0.2) is 0 Å². The van der Waals surface area contributed by atoms with E-state index in [1.54, 1.807) is 11.9 Å². The summed E-state index contributed by atoms with van der Waals surface area (Å²) in [5.74, 6) is -0.891. The number of carbonyl (C=O) groups is 5. The van der Waals surface area contributed by atoms with E-state index in [2.05, 4.69) is 5.32 Å². The molecule has 0 aliphatic carbocycles. The molecular formula is C19H28N4O6S. The van der Waals surface area contributed by atoms with Gasteiger partial charge in [0.25, 0.3) is 11.8 Å². The molecule has 3 fully saturated rings. The van der Waals surface area contributed by atoms with Crippen molar-refractivity contribution in [3.8, 4) is 0 Å². The molecule has 11 heteroatoms. The van der Waals surface area contributed by atoms with Crippen LogP contribution in [0.1, 0.15) is 44.9 Å². The number of nitrogens with zero attached hydrogens (tertiary/aromatic N) is 3. The minimum absolute atomic E-state index is 0.0101. The van der Waals surface area contributed by atoms with Crippen molar-refractivity contribution in [3.63, 3.8) is 0 Å². The van der Waals surface area contributed by atoms with Crippen LogP contribution < -0.4 is 5.32 Å². The van der Waals surface area contributed by atoms with Crippen LogP contribution in [0.4, 0.5) is 4.79 Å². The molecule has 0 radical (unpaired) electrons. The lowest BCUT2D eigenvalue weighted by Crippen LogP contribution is -2.38. The summed E-state index contributed by atoms with van der Waals surface area (Å²) in [7, 11) is 3.45. The van der Waals surface area contributed by atoms with Gasteiger partial charge in [0, 0.05) is 50.9 Å². The summed E-state index contributed by atoms with van der Waals surface area (Å²) in [6.07, 6.45) is 2.98. The van der Waals surface area contributed by atoms with Gasteiger partial charge in [-0.25, -0.2) is 9.59 Å². The first-order valence-electron chi connectivity index (χ1n) is 10.2. The minimum Gasteiger partial charge on any atom is -0.345 e. The van der Waals surface area contributed by atoms with Crippen LogP contribution in [0.3, 0.4) is 0 Å². The maximum absolute atomic E-state index is 12.3. The number of unbranched alkanes of at least 4 members (excludes halogenated alkanes) is 1. The number of thioether (sulfide) groups is 1. The Morgan fingerprint density at radius 1 is 1.17 bits per heavy atom. The summed E-state index contributed by atoms with van der Waals surface area (Å²) in [5, 5.41) is 3.90. The second kappa shape index (κ2) is 9.67. The third-order valence-corrected chi connectivity index (χ3v) is 7.26. The Bertz CT molecular complexity index is 716. The molecule has 0 spiro atoms. The smallest absolute Gasteiger partial charge is 0.334 e. The van der Waals surface area contributed by atoms with Crippen LogP contribution in [-0.2, 0) is 24.0 Å². The fourth-order valence-corrected chi connectivity index (χ4v) is 5.62. The van der Waals surface area contributed by atoms with Crippen LogP contribution in [0, 0.1) is 0 Å². The number of imide groups is 1. The van der Waals surface area contributed by atoms with Crippen molar-refractivity contribution in [2.24, 2.45) is 0 Å². The van der Waals surface area contributed by atoms with Crippen molar-refractivity contribution >= 4 is 41.5 Å². The molecule has 3 aliphatic heterocycles. The van der Waals surface area contributed by atoms with Gasteiger partial charge < -0.3 is 20.0 Å². The molecule has 5 amide bonds. The molecule has 0 bridgehead atoms. The van der Waals surface area contributed by atoms with E-state index in [9.17, 15) is 24.0 Å². The molecule has 10 nitrogen and oxygen atoms in total. The lowest BCUT2D eigenvalue weighted by molar-refractivity contribution is -0.197. The zero-order chi connectivity index (χ0) is 21.8. The predicted molar refractivity (Wildman–Crippen MR) is 108 cm³/mol. The number of hydrogen-bond donors (Lipinski definition) is 1. The van der Waals surface area contributed by atoms with Crippen molar-refractivity contribution in [1.82, 2.24) is 20.2 Å². The first-order valence-corrected chi connectivity index (χ1v) is 11.3. The molecule has 0 aromatic heterocycles. The number of hydroxylamine groups is 2. The van der Waals surface area contributed by atoms with Crippen LogP contribution in [-0.4, -0.2) is 88.3 Å². The fourth-order valence-electron chi connectivity index (χ4n) is 3.98. The van der Waals surface area contributed by atoms with E-state index >= 15 is 0 Å². The van der Waals surface area contributed by atoms with Gasteiger partial charge in [-0.1, -0.05) is 6.42 Å². The first kappa shape index (κ1) is 22.4. The number of likely N-dealkylation sites (N-methyl/N-ethyl adjacent to an activating group) is 1. The number of hydrogen-bond acceptors (Lipinski definition) is 7. The average molecular weight is 441 g/mol. The molecule has 3 atom stereocenters. The summed E-state index contributed by atoms with van der Waals surface area (Å²) in [6.45, 7) is 0.161. The Balaban J connectivity index is 1.30. The first-order chi connectivity index (χ1) is 14.3. The van der Waals surface area contributed by atoms with Gasteiger partial charge in [0.2, 0.25) is 5.91 Å². The van der Waals surface area contributed by atoms with Crippen molar-refractivity contribution in [2.45, 2.75) is 62.3 Å². The zero-order valence-corrected chi connectivity index (χ0v) is 18.1. The van der Waals surface area contributed by atoms with Gasteiger partial charge in [-0.05, 0) is 12.8 Å². The Morgan fingerprint density at radius 3 is 2.57 bits per heavy atom. The third kappa shape index (κ3) is 5.05. The highest BCUT2D eigenvalue weighted by atomic mass is 32.2. The van der Waals surface area contributed by atoms with Gasteiger partial charge in [-0.3, -0.25) is 14.4 Å². The van der Waals surface area contributed by atoms with Gasteiger partial charge in [0.05, 0.1) is 18.5 Å². The largest absolute Gasteiger partial charge is 0.345 e. The molecule has 0 aromatic rings. The van der Waals surface area contributed by atoms with Gasteiger partial charge in [-0.2, -0.15) is 11.8 Å². The molecule has 3 saturated heterocycles. The van der Waals surface area contributed by atoms with E-state index in [4.69, 9.17) is 4.84 Å². The Hall–Kier alpha value is -2.30. The predicted octanol–water partition coefficient (Wildman–Crippen LogP) is 0.510. The van der Waals surface area contributed by atoms with Crippen LogP contribution in [0.2, 0.25) is 0 Å². The molecule has 166 valence electrons. The maximum Gasteiger partial charge on any atom is 0.334 e. The molecule has 0 aromatic carbocycles. The normalized spacial score (nSPS) is 25.5. The Morgan fingerprint density at radius 2 is 1.87 bits per heavy atom. The standard InChI is InChI=1S/C19H28N4O6S/c1-21(10-9-17(27)29-23-15(25)7-8-16(23)26)14(24)6-4-3-5-13-18-12(11-30-13)20-19(28)22(18)2/h12-13,18H,3-11H2,1-2H3,(H,20,28)/t12-,13-,18?/m0/s1. The van der Waals surface area contributed by atoms with Crippen LogP contribution in [0.25, 0.3) is 0 Å². The monoisotopic (exact) mass is 440 g/mol. The Labute approximate surface area is 179 Å². The van der Waals surface area contributed by atoms with Gasteiger partial charge in [-0.15, -0.1) is 5.06 Å². The van der Waals surface area contributed by atoms with Crippen LogP contribution in [0.15, 0.2) is 0 Å². The number of amides is 5. The number of rotatable bonds is 9. The number of fused-ring (bicyclic) bond motifs is 1. The quantitative estimate of drug-likeness (QED) is 0.315. The second-order valence-corrected chi connectivity index (χ2v) is 9.16. The highest BCUT2D eigenvalue weighted by Gasteiger charge is 2.46. The molecule has 3 aliphatic rings. The van der Waals surface area contributed by atoms with Crippen molar-refractivity contribution in [3.05, 3.63) is 0 Å². The molecule has 3 rings (SSSR count). The summed E-state index contributed by atoms with van der Waals surface area (Å²) >= 11 is 1.87. The third-order valence-electron chi connectivity index (χ3n) is 5.76. The summed E-state index contributed by atoms with van der Waals surface area (Å²) < 4.78 is 0.